The number of rotatable bonds is 5. The average Bonchev–Trinajstić information content (AvgIpc) is 3.04. The second kappa shape index (κ2) is 6.17. The molecule has 8 nitrogen and oxygen atoms in total. The van der Waals surface area contributed by atoms with E-state index in [9.17, 15) is 4.79 Å². The van der Waals surface area contributed by atoms with Crippen LogP contribution in [-0.4, -0.2) is 44.5 Å². The number of amides is 1. The van der Waals surface area contributed by atoms with E-state index in [0.717, 1.165) is 22.5 Å². The quantitative estimate of drug-likeness (QED) is 0.764. The normalized spacial score (nSPS) is 11.3. The number of fused-ring (bicyclic) bond motifs is 1. The van der Waals surface area contributed by atoms with Crippen molar-refractivity contribution in [3.05, 3.63) is 35.7 Å². The van der Waals surface area contributed by atoms with Gasteiger partial charge < -0.3 is 5.32 Å². The van der Waals surface area contributed by atoms with Crippen LogP contribution in [0.15, 0.2) is 29.0 Å². The van der Waals surface area contributed by atoms with Gasteiger partial charge in [0.2, 0.25) is 5.91 Å². The molecule has 2 heterocycles. The Bertz CT molecular complexity index is 837. The molecule has 3 aromatic rings. The summed E-state index contributed by atoms with van der Waals surface area (Å²) in [7, 11) is 3.71. The summed E-state index contributed by atoms with van der Waals surface area (Å²) in [5.74, 6) is -0.0761. The van der Waals surface area contributed by atoms with Gasteiger partial charge in [-0.1, -0.05) is 6.07 Å². The first-order chi connectivity index (χ1) is 11.0. The Labute approximate surface area is 133 Å². The lowest BCUT2D eigenvalue weighted by atomic mass is 10.2. The largest absolute Gasteiger partial charge is 0.322 e. The van der Waals surface area contributed by atoms with Crippen LogP contribution < -0.4 is 5.32 Å². The first-order valence-electron chi connectivity index (χ1n) is 7.21. The van der Waals surface area contributed by atoms with Crippen LogP contribution in [-0.2, 0) is 18.4 Å². The van der Waals surface area contributed by atoms with Crippen LogP contribution >= 0.6 is 0 Å². The Balaban J connectivity index is 1.58. The molecule has 3 rings (SSSR count). The number of aromatic nitrogens is 4. The van der Waals surface area contributed by atoms with Crippen LogP contribution in [0.4, 0.5) is 5.69 Å². The number of aryl methyl sites for hydroxylation is 2. The first kappa shape index (κ1) is 15.2. The van der Waals surface area contributed by atoms with Crippen molar-refractivity contribution in [2.24, 2.45) is 7.05 Å². The molecule has 0 aliphatic rings. The van der Waals surface area contributed by atoms with Crippen molar-refractivity contribution in [2.45, 2.75) is 13.5 Å². The zero-order valence-electron chi connectivity index (χ0n) is 13.3. The predicted octanol–water partition coefficient (Wildman–Crippen LogP) is 1.34. The van der Waals surface area contributed by atoms with Gasteiger partial charge in [0.05, 0.1) is 17.9 Å². The van der Waals surface area contributed by atoms with Crippen molar-refractivity contribution in [1.29, 1.82) is 0 Å². The second-order valence-electron chi connectivity index (χ2n) is 5.61. The smallest absolute Gasteiger partial charge is 0.238 e. The van der Waals surface area contributed by atoms with E-state index in [0.29, 0.717) is 12.1 Å². The summed E-state index contributed by atoms with van der Waals surface area (Å²) in [6, 6.07) is 5.71. The number of likely N-dealkylation sites (N-methyl/N-ethyl adjacent to an activating group) is 1. The lowest BCUT2D eigenvalue weighted by molar-refractivity contribution is -0.117. The molecule has 2 aromatic heterocycles. The molecule has 23 heavy (non-hydrogen) atoms. The monoisotopic (exact) mass is 314 g/mol. The lowest BCUT2D eigenvalue weighted by Crippen LogP contribution is -2.29. The summed E-state index contributed by atoms with van der Waals surface area (Å²) >= 11 is 0. The van der Waals surface area contributed by atoms with Gasteiger partial charge >= 0.3 is 0 Å². The number of anilines is 1. The number of carbonyl (C=O) groups excluding carboxylic acids is 1. The first-order valence-corrected chi connectivity index (χ1v) is 7.21. The van der Waals surface area contributed by atoms with Crippen molar-refractivity contribution in [3.63, 3.8) is 0 Å². The molecule has 1 aromatic carbocycles. The second-order valence-corrected chi connectivity index (χ2v) is 5.61. The number of hydrogen-bond acceptors (Lipinski definition) is 6. The van der Waals surface area contributed by atoms with Gasteiger partial charge in [0.15, 0.2) is 0 Å². The average molecular weight is 314 g/mol. The van der Waals surface area contributed by atoms with E-state index < -0.39 is 0 Å². The van der Waals surface area contributed by atoms with Gasteiger partial charge in [0.1, 0.15) is 11.0 Å². The molecule has 0 atom stereocenters. The third-order valence-electron chi connectivity index (χ3n) is 3.47. The third-order valence-corrected chi connectivity index (χ3v) is 3.47. The van der Waals surface area contributed by atoms with Gasteiger partial charge in [-0.15, -0.1) is 0 Å². The molecule has 0 saturated heterocycles. The number of carbonyl (C=O) groups is 1. The van der Waals surface area contributed by atoms with Crippen LogP contribution in [0.1, 0.15) is 11.3 Å². The molecule has 0 spiro atoms. The highest BCUT2D eigenvalue weighted by atomic mass is 16.6. The molecule has 1 N–H and O–H groups in total. The maximum absolute atomic E-state index is 12.1. The zero-order valence-corrected chi connectivity index (χ0v) is 13.3. The Kier molecular flexibility index (Phi) is 4.07. The number of nitrogens with one attached hydrogen (secondary N) is 1. The molecule has 120 valence electrons. The van der Waals surface area contributed by atoms with E-state index in [-0.39, 0.29) is 12.5 Å². The van der Waals surface area contributed by atoms with Crippen molar-refractivity contribution in [2.75, 3.05) is 18.9 Å². The van der Waals surface area contributed by atoms with Crippen molar-refractivity contribution < 1.29 is 9.42 Å². The molecule has 0 fully saturated rings. The maximum Gasteiger partial charge on any atom is 0.238 e. The van der Waals surface area contributed by atoms with Crippen LogP contribution in [0, 0.1) is 6.92 Å². The van der Waals surface area contributed by atoms with Crippen LogP contribution in [0.3, 0.4) is 0 Å². The van der Waals surface area contributed by atoms with Gasteiger partial charge in [0.25, 0.3) is 0 Å². The van der Waals surface area contributed by atoms with E-state index in [1.165, 1.54) is 0 Å². The molecule has 8 heteroatoms. The highest BCUT2D eigenvalue weighted by Gasteiger charge is 2.11. The summed E-state index contributed by atoms with van der Waals surface area (Å²) in [5.41, 5.74) is 4.02. The summed E-state index contributed by atoms with van der Waals surface area (Å²) in [6.07, 6.45) is 1.79. The number of hydrogen-bond donors (Lipinski definition) is 1. The maximum atomic E-state index is 12.1. The van der Waals surface area contributed by atoms with Crippen molar-refractivity contribution >= 4 is 22.6 Å². The SMILES string of the molecule is Cc1nn(C)cc1NC(=O)CN(C)Cc1ccc2nonc2c1. The molecule has 1 amide bonds. The Morgan fingerprint density at radius 1 is 1.35 bits per heavy atom. The molecule has 0 unspecified atom stereocenters. The van der Waals surface area contributed by atoms with E-state index in [2.05, 4.69) is 25.4 Å². The van der Waals surface area contributed by atoms with E-state index in [1.807, 2.05) is 44.1 Å². The number of nitrogens with zero attached hydrogens (tertiary/aromatic N) is 5. The summed E-state index contributed by atoms with van der Waals surface area (Å²) < 4.78 is 6.36. The Morgan fingerprint density at radius 3 is 2.87 bits per heavy atom. The number of benzene rings is 1. The molecular formula is C15H18N6O2. The van der Waals surface area contributed by atoms with Crippen LogP contribution in [0.25, 0.3) is 11.0 Å². The van der Waals surface area contributed by atoms with Gasteiger partial charge in [-0.3, -0.25) is 14.4 Å². The predicted molar refractivity (Wildman–Crippen MR) is 84.7 cm³/mol. The third kappa shape index (κ3) is 3.54. The van der Waals surface area contributed by atoms with E-state index in [4.69, 9.17) is 0 Å². The van der Waals surface area contributed by atoms with Gasteiger partial charge in [-0.05, 0) is 42.0 Å². The highest BCUT2D eigenvalue weighted by Crippen LogP contribution is 2.14. The minimum absolute atomic E-state index is 0.0761. The highest BCUT2D eigenvalue weighted by molar-refractivity contribution is 5.92. The minimum atomic E-state index is -0.0761. The Hall–Kier alpha value is -2.74. The fourth-order valence-corrected chi connectivity index (χ4v) is 2.45. The Morgan fingerprint density at radius 2 is 2.13 bits per heavy atom. The fourth-order valence-electron chi connectivity index (χ4n) is 2.45. The molecule has 0 saturated carbocycles. The summed E-state index contributed by atoms with van der Waals surface area (Å²) in [5, 5.41) is 14.7. The summed E-state index contributed by atoms with van der Waals surface area (Å²) in [6.45, 7) is 2.77. The van der Waals surface area contributed by atoms with E-state index >= 15 is 0 Å². The molecule has 0 radical (unpaired) electrons. The standard InChI is InChI=1S/C15H18N6O2/c1-10-14(8-21(3)17-10)16-15(22)9-20(2)7-11-4-5-12-13(6-11)19-23-18-12/h4-6,8H,7,9H2,1-3H3,(H,16,22). The fraction of sp³-hybridized carbons (Fsp3) is 0.333. The lowest BCUT2D eigenvalue weighted by Gasteiger charge is -2.16. The van der Waals surface area contributed by atoms with E-state index in [1.54, 1.807) is 10.9 Å². The molecule has 0 bridgehead atoms. The summed E-state index contributed by atoms with van der Waals surface area (Å²) in [4.78, 5) is 14.0. The van der Waals surface area contributed by atoms with Crippen LogP contribution in [0.2, 0.25) is 0 Å². The molecule has 0 aliphatic heterocycles. The van der Waals surface area contributed by atoms with Gasteiger partial charge in [-0.25, -0.2) is 4.63 Å². The van der Waals surface area contributed by atoms with Gasteiger partial charge in [-0.2, -0.15) is 5.10 Å². The molecular weight excluding hydrogens is 296 g/mol. The van der Waals surface area contributed by atoms with Crippen LogP contribution in [0.5, 0.6) is 0 Å². The zero-order chi connectivity index (χ0) is 16.4. The van der Waals surface area contributed by atoms with Crippen molar-refractivity contribution in [1.82, 2.24) is 25.0 Å². The minimum Gasteiger partial charge on any atom is -0.322 e. The molecule has 0 aliphatic carbocycles. The topological polar surface area (TPSA) is 89.1 Å². The van der Waals surface area contributed by atoms with Crippen molar-refractivity contribution in [3.8, 4) is 0 Å². The van der Waals surface area contributed by atoms with Gasteiger partial charge in [0, 0.05) is 19.8 Å².